The summed E-state index contributed by atoms with van der Waals surface area (Å²) in [6.45, 7) is 6.07. The number of anilines is 1. The van der Waals surface area contributed by atoms with Gasteiger partial charge in [-0.15, -0.1) is 0 Å². The van der Waals surface area contributed by atoms with Crippen LogP contribution in [-0.2, 0) is 10.9 Å². The van der Waals surface area contributed by atoms with Crippen molar-refractivity contribution < 1.29 is 22.7 Å². The first-order chi connectivity index (χ1) is 18.0. The molecule has 10 heteroatoms. The molecule has 2 atom stereocenters. The Morgan fingerprint density at radius 2 is 1.87 bits per heavy atom. The number of nitrogens with one attached hydrogen (secondary N) is 2. The zero-order chi connectivity index (χ0) is 27.4. The minimum atomic E-state index is -4.48. The Labute approximate surface area is 221 Å². The van der Waals surface area contributed by atoms with Crippen LogP contribution >= 0.6 is 0 Å². The molecule has 2 fully saturated rings. The molecule has 7 nitrogen and oxygen atoms in total. The van der Waals surface area contributed by atoms with Gasteiger partial charge in [0.25, 0.3) is 11.5 Å². The standard InChI is InChI=1S/C28H37F3N4O3/c1-18-22(7-4-8-24(18)28(29,30)31)19(2)32-27(37)23-17-35(21-10-14-38-15-11-21)26(36)16-25(23)33-20-6-5-12-34(3)13-9-20/h4,7-8,16-17,19-21,33H,5-6,9-15H2,1-3H3,(H,32,37)/t19-,20-/m1/s1. The van der Waals surface area contributed by atoms with E-state index >= 15 is 0 Å². The number of aromatic nitrogens is 1. The molecule has 0 saturated carbocycles. The van der Waals surface area contributed by atoms with Crippen molar-refractivity contribution in [1.82, 2.24) is 14.8 Å². The maximum absolute atomic E-state index is 13.6. The molecule has 0 spiro atoms. The van der Waals surface area contributed by atoms with Crippen LogP contribution in [-0.4, -0.2) is 54.8 Å². The van der Waals surface area contributed by atoms with Crippen LogP contribution in [0.15, 0.2) is 35.3 Å². The molecule has 2 aliphatic rings. The molecule has 4 rings (SSSR count). The number of amides is 1. The lowest BCUT2D eigenvalue weighted by Gasteiger charge is -2.27. The lowest BCUT2D eigenvalue weighted by atomic mass is 9.97. The fraction of sp³-hybridized carbons (Fsp3) is 0.571. The maximum Gasteiger partial charge on any atom is 0.416 e. The quantitative estimate of drug-likeness (QED) is 0.551. The summed E-state index contributed by atoms with van der Waals surface area (Å²) in [6.07, 6.45) is 1.25. The summed E-state index contributed by atoms with van der Waals surface area (Å²) in [5, 5.41) is 6.33. The second-order valence-corrected chi connectivity index (χ2v) is 10.5. The third-order valence-corrected chi connectivity index (χ3v) is 7.72. The van der Waals surface area contributed by atoms with Gasteiger partial charge in [-0.1, -0.05) is 12.1 Å². The average Bonchev–Trinajstić information content (AvgIpc) is 3.07. The van der Waals surface area contributed by atoms with Crippen molar-refractivity contribution in [2.45, 2.75) is 70.3 Å². The maximum atomic E-state index is 13.6. The van der Waals surface area contributed by atoms with E-state index in [1.165, 1.54) is 19.1 Å². The summed E-state index contributed by atoms with van der Waals surface area (Å²) in [6, 6.07) is 4.84. The molecule has 38 heavy (non-hydrogen) atoms. The SMILES string of the molecule is Cc1c([C@@H](C)NC(=O)c2cn(C3CCOCC3)c(=O)cc2N[C@@H]2CCCN(C)CC2)cccc1C(F)(F)F. The molecule has 0 bridgehead atoms. The van der Waals surface area contributed by atoms with E-state index in [9.17, 15) is 22.8 Å². The molecular formula is C28H37F3N4O3. The topological polar surface area (TPSA) is 75.6 Å². The van der Waals surface area contributed by atoms with Gasteiger partial charge in [-0.25, -0.2) is 0 Å². The molecule has 2 N–H and O–H groups in total. The number of pyridine rings is 1. The van der Waals surface area contributed by atoms with Crippen molar-refractivity contribution in [1.29, 1.82) is 0 Å². The average molecular weight is 535 g/mol. The Hall–Kier alpha value is -2.85. The van der Waals surface area contributed by atoms with Crippen molar-refractivity contribution in [2.24, 2.45) is 0 Å². The van der Waals surface area contributed by atoms with Gasteiger partial charge in [-0.2, -0.15) is 13.2 Å². The molecule has 1 aromatic heterocycles. The minimum Gasteiger partial charge on any atom is -0.381 e. The van der Waals surface area contributed by atoms with Crippen LogP contribution < -0.4 is 16.2 Å². The first-order valence-corrected chi connectivity index (χ1v) is 13.3. The molecule has 208 valence electrons. The zero-order valence-electron chi connectivity index (χ0n) is 22.2. The Balaban J connectivity index is 1.64. The second-order valence-electron chi connectivity index (χ2n) is 10.5. The molecule has 2 aliphatic heterocycles. The smallest absolute Gasteiger partial charge is 0.381 e. The Morgan fingerprint density at radius 1 is 1.13 bits per heavy atom. The normalized spacial score (nSPS) is 20.5. The second kappa shape index (κ2) is 11.9. The van der Waals surface area contributed by atoms with Gasteiger partial charge in [0.05, 0.1) is 22.9 Å². The summed E-state index contributed by atoms with van der Waals surface area (Å²) in [7, 11) is 2.08. The number of likely N-dealkylation sites (tertiary alicyclic amines) is 1. The highest BCUT2D eigenvalue weighted by molar-refractivity contribution is 5.99. The number of carbonyl (C=O) groups excluding carboxylic acids is 1. The number of alkyl halides is 3. The van der Waals surface area contributed by atoms with E-state index in [4.69, 9.17) is 4.74 Å². The van der Waals surface area contributed by atoms with Gasteiger partial charge in [-0.3, -0.25) is 9.59 Å². The molecular weight excluding hydrogens is 497 g/mol. The predicted octanol–water partition coefficient (Wildman–Crippen LogP) is 4.91. The highest BCUT2D eigenvalue weighted by Crippen LogP contribution is 2.34. The number of benzene rings is 1. The van der Waals surface area contributed by atoms with E-state index in [-0.39, 0.29) is 23.2 Å². The highest BCUT2D eigenvalue weighted by atomic mass is 19.4. The zero-order valence-corrected chi connectivity index (χ0v) is 22.2. The van der Waals surface area contributed by atoms with E-state index in [1.54, 1.807) is 23.8 Å². The van der Waals surface area contributed by atoms with Gasteiger partial charge in [0.15, 0.2) is 0 Å². The van der Waals surface area contributed by atoms with Crippen LogP contribution in [0.1, 0.15) is 78.2 Å². The highest BCUT2D eigenvalue weighted by Gasteiger charge is 2.33. The number of ether oxygens (including phenoxy) is 1. The van der Waals surface area contributed by atoms with Crippen LogP contribution in [0.25, 0.3) is 0 Å². The molecule has 0 radical (unpaired) electrons. The van der Waals surface area contributed by atoms with E-state index < -0.39 is 23.7 Å². The molecule has 3 heterocycles. The minimum absolute atomic E-state index is 0.0773. The van der Waals surface area contributed by atoms with Gasteiger partial charge < -0.3 is 24.8 Å². The fourth-order valence-corrected chi connectivity index (χ4v) is 5.48. The number of carbonyl (C=O) groups is 1. The summed E-state index contributed by atoms with van der Waals surface area (Å²) >= 11 is 0. The first kappa shape index (κ1) is 28.2. The molecule has 0 aliphatic carbocycles. The Morgan fingerprint density at radius 3 is 2.58 bits per heavy atom. The van der Waals surface area contributed by atoms with Gasteiger partial charge in [0, 0.05) is 37.6 Å². The van der Waals surface area contributed by atoms with E-state index in [0.717, 1.165) is 38.4 Å². The molecule has 2 aromatic rings. The van der Waals surface area contributed by atoms with Crippen LogP contribution in [0.4, 0.5) is 18.9 Å². The van der Waals surface area contributed by atoms with Crippen LogP contribution in [0.5, 0.6) is 0 Å². The van der Waals surface area contributed by atoms with Gasteiger partial charge in [0.2, 0.25) is 0 Å². The van der Waals surface area contributed by atoms with E-state index in [1.807, 2.05) is 0 Å². The Kier molecular flexibility index (Phi) is 8.82. The Bertz CT molecular complexity index is 1190. The predicted molar refractivity (Wildman–Crippen MR) is 141 cm³/mol. The van der Waals surface area contributed by atoms with E-state index in [0.29, 0.717) is 42.9 Å². The summed E-state index contributed by atoms with van der Waals surface area (Å²) in [5.41, 5.74) is 0.338. The number of hydrogen-bond acceptors (Lipinski definition) is 5. The van der Waals surface area contributed by atoms with Crippen molar-refractivity contribution in [2.75, 3.05) is 38.7 Å². The number of halogens is 3. The van der Waals surface area contributed by atoms with Crippen molar-refractivity contribution in [3.63, 3.8) is 0 Å². The summed E-state index contributed by atoms with van der Waals surface area (Å²) in [4.78, 5) is 29.0. The third-order valence-electron chi connectivity index (χ3n) is 7.72. The number of rotatable bonds is 6. The van der Waals surface area contributed by atoms with E-state index in [2.05, 4.69) is 22.6 Å². The summed E-state index contributed by atoms with van der Waals surface area (Å²) < 4.78 is 47.4. The monoisotopic (exact) mass is 534 g/mol. The lowest BCUT2D eigenvalue weighted by Crippen LogP contribution is -2.34. The van der Waals surface area contributed by atoms with Crippen LogP contribution in [0.2, 0.25) is 0 Å². The summed E-state index contributed by atoms with van der Waals surface area (Å²) in [5.74, 6) is -0.441. The molecule has 1 aromatic carbocycles. The van der Waals surface area contributed by atoms with Crippen LogP contribution in [0.3, 0.4) is 0 Å². The number of hydrogen-bond donors (Lipinski definition) is 2. The van der Waals surface area contributed by atoms with Crippen molar-refractivity contribution >= 4 is 11.6 Å². The van der Waals surface area contributed by atoms with Gasteiger partial charge in [-0.05, 0) is 83.3 Å². The van der Waals surface area contributed by atoms with Crippen molar-refractivity contribution in [3.8, 4) is 0 Å². The van der Waals surface area contributed by atoms with Crippen LogP contribution in [0, 0.1) is 6.92 Å². The molecule has 2 saturated heterocycles. The third kappa shape index (κ3) is 6.58. The fourth-order valence-electron chi connectivity index (χ4n) is 5.48. The molecule has 0 unspecified atom stereocenters. The molecule has 1 amide bonds. The van der Waals surface area contributed by atoms with Gasteiger partial charge in [0.1, 0.15) is 0 Å². The first-order valence-electron chi connectivity index (χ1n) is 13.3. The van der Waals surface area contributed by atoms with Gasteiger partial charge >= 0.3 is 6.18 Å². The number of nitrogens with zero attached hydrogens (tertiary/aromatic N) is 2. The lowest BCUT2D eigenvalue weighted by molar-refractivity contribution is -0.138. The largest absolute Gasteiger partial charge is 0.416 e. The van der Waals surface area contributed by atoms with Crippen molar-refractivity contribution in [3.05, 3.63) is 63.1 Å².